The third kappa shape index (κ3) is 4.69. The summed E-state index contributed by atoms with van der Waals surface area (Å²) >= 11 is 0. The highest BCUT2D eigenvalue weighted by Crippen LogP contribution is 2.10. The van der Waals surface area contributed by atoms with E-state index in [1.165, 1.54) is 6.07 Å². The molecule has 0 unspecified atom stereocenters. The Labute approximate surface area is 106 Å². The fourth-order valence-corrected chi connectivity index (χ4v) is 1.41. The number of hydrogen-bond acceptors (Lipinski definition) is 1. The van der Waals surface area contributed by atoms with Crippen LogP contribution >= 0.6 is 0 Å². The van der Waals surface area contributed by atoms with Gasteiger partial charge in [0.2, 0.25) is 0 Å². The summed E-state index contributed by atoms with van der Waals surface area (Å²) < 4.78 is 26.4. The predicted molar refractivity (Wildman–Crippen MR) is 69.5 cm³/mol. The van der Waals surface area contributed by atoms with Gasteiger partial charge in [-0.25, -0.2) is 13.8 Å². The van der Waals surface area contributed by atoms with Crippen LogP contribution in [0.2, 0.25) is 0 Å². The van der Waals surface area contributed by atoms with Gasteiger partial charge in [0.1, 0.15) is 11.6 Å². The molecule has 0 saturated carbocycles. The summed E-state index contributed by atoms with van der Waals surface area (Å²) in [6.07, 6.45) is 0.971. The second-order valence-corrected chi connectivity index (χ2v) is 3.86. The molecule has 1 rings (SSSR count). The summed E-state index contributed by atoms with van der Waals surface area (Å²) in [5.74, 6) is -0.275. The molecule has 0 radical (unpaired) electrons. The third-order valence-electron chi connectivity index (χ3n) is 2.30. The Kier molecular flexibility index (Phi) is 6.11. The van der Waals surface area contributed by atoms with Gasteiger partial charge in [-0.2, -0.15) is 0 Å². The van der Waals surface area contributed by atoms with Crippen LogP contribution in [-0.2, 0) is 6.54 Å². The van der Waals surface area contributed by atoms with Crippen LogP contribution in [0.4, 0.5) is 8.78 Å². The van der Waals surface area contributed by atoms with Gasteiger partial charge in [-0.15, -0.1) is 0 Å². The molecular formula is C13H19F2N3. The van der Waals surface area contributed by atoms with Crippen LogP contribution in [0.15, 0.2) is 23.2 Å². The molecule has 100 valence electrons. The van der Waals surface area contributed by atoms with Gasteiger partial charge in [0, 0.05) is 18.7 Å². The number of guanidine groups is 1. The van der Waals surface area contributed by atoms with Crippen molar-refractivity contribution in [1.29, 1.82) is 0 Å². The fourth-order valence-electron chi connectivity index (χ4n) is 1.41. The second kappa shape index (κ2) is 7.63. The molecule has 3 nitrogen and oxygen atoms in total. The predicted octanol–water partition coefficient (Wildman–Crippen LogP) is 2.43. The van der Waals surface area contributed by atoms with E-state index in [1.807, 2.05) is 13.8 Å². The zero-order valence-corrected chi connectivity index (χ0v) is 10.8. The van der Waals surface area contributed by atoms with Crippen molar-refractivity contribution in [2.45, 2.75) is 26.8 Å². The van der Waals surface area contributed by atoms with Gasteiger partial charge in [0.25, 0.3) is 0 Å². The number of hydrogen-bond donors (Lipinski definition) is 2. The molecule has 0 aliphatic heterocycles. The maximum Gasteiger partial charge on any atom is 0.191 e. The maximum atomic E-state index is 13.4. The smallest absolute Gasteiger partial charge is 0.191 e. The highest BCUT2D eigenvalue weighted by atomic mass is 19.1. The molecule has 0 amide bonds. The molecule has 0 fully saturated rings. The Balaban J connectivity index is 2.70. The summed E-state index contributed by atoms with van der Waals surface area (Å²) in [6.45, 7) is 5.62. The van der Waals surface area contributed by atoms with Crippen LogP contribution in [0.25, 0.3) is 0 Å². The van der Waals surface area contributed by atoms with E-state index in [0.29, 0.717) is 5.96 Å². The van der Waals surface area contributed by atoms with Crippen molar-refractivity contribution in [3.05, 3.63) is 35.4 Å². The van der Waals surface area contributed by atoms with Gasteiger partial charge in [0.15, 0.2) is 5.96 Å². The lowest BCUT2D eigenvalue weighted by Crippen LogP contribution is -2.37. The fraction of sp³-hybridized carbons (Fsp3) is 0.462. The van der Waals surface area contributed by atoms with Gasteiger partial charge < -0.3 is 10.6 Å². The van der Waals surface area contributed by atoms with Crippen molar-refractivity contribution in [2.75, 3.05) is 13.1 Å². The van der Waals surface area contributed by atoms with Crippen molar-refractivity contribution < 1.29 is 8.78 Å². The Bertz CT molecular complexity index is 405. The summed E-state index contributed by atoms with van der Waals surface area (Å²) in [5.41, 5.74) is 0.253. The van der Waals surface area contributed by atoms with E-state index in [0.717, 1.165) is 31.6 Å². The van der Waals surface area contributed by atoms with Crippen LogP contribution in [0, 0.1) is 11.6 Å². The number of rotatable bonds is 5. The molecule has 0 bridgehead atoms. The van der Waals surface area contributed by atoms with E-state index in [4.69, 9.17) is 0 Å². The van der Waals surface area contributed by atoms with Gasteiger partial charge >= 0.3 is 0 Å². The van der Waals surface area contributed by atoms with Crippen LogP contribution in [0.1, 0.15) is 25.8 Å². The molecule has 0 spiro atoms. The summed E-state index contributed by atoms with van der Waals surface area (Å²) in [4.78, 5) is 4.21. The minimum Gasteiger partial charge on any atom is -0.357 e. The van der Waals surface area contributed by atoms with Gasteiger partial charge in [-0.3, -0.25) is 0 Å². The highest BCUT2D eigenvalue weighted by Gasteiger charge is 2.03. The Hall–Kier alpha value is -1.65. The molecule has 1 aromatic carbocycles. The van der Waals surface area contributed by atoms with Crippen molar-refractivity contribution in [1.82, 2.24) is 10.6 Å². The van der Waals surface area contributed by atoms with Crippen LogP contribution in [0.5, 0.6) is 0 Å². The molecule has 0 atom stereocenters. The second-order valence-electron chi connectivity index (χ2n) is 3.86. The van der Waals surface area contributed by atoms with Gasteiger partial charge in [-0.1, -0.05) is 6.92 Å². The molecule has 0 aromatic heterocycles. The van der Waals surface area contributed by atoms with E-state index in [1.54, 1.807) is 0 Å². The number of nitrogens with zero attached hydrogens (tertiary/aromatic N) is 1. The first kappa shape index (κ1) is 14.4. The summed E-state index contributed by atoms with van der Waals surface area (Å²) in [7, 11) is 0. The zero-order chi connectivity index (χ0) is 13.4. The quantitative estimate of drug-likeness (QED) is 0.626. The standard InChI is InChI=1S/C13H19F2N3/c1-3-7-17-13(16-4-2)18-9-10-8-11(14)5-6-12(10)15/h5-6,8H,3-4,7,9H2,1-2H3,(H2,16,17,18). The summed E-state index contributed by atoms with van der Waals surface area (Å²) in [5, 5.41) is 6.14. The Morgan fingerprint density at radius 2 is 2.00 bits per heavy atom. The molecule has 5 heteroatoms. The van der Waals surface area contributed by atoms with Crippen molar-refractivity contribution >= 4 is 5.96 Å². The Morgan fingerprint density at radius 3 is 2.67 bits per heavy atom. The van der Waals surface area contributed by atoms with E-state index < -0.39 is 11.6 Å². The number of benzene rings is 1. The molecule has 0 aliphatic rings. The topological polar surface area (TPSA) is 36.4 Å². The number of aliphatic imine (C=N–C) groups is 1. The molecule has 1 aromatic rings. The van der Waals surface area contributed by atoms with E-state index in [-0.39, 0.29) is 12.1 Å². The normalized spacial score (nSPS) is 11.4. The number of nitrogens with one attached hydrogen (secondary N) is 2. The molecular weight excluding hydrogens is 236 g/mol. The average molecular weight is 255 g/mol. The van der Waals surface area contributed by atoms with Crippen molar-refractivity contribution in [3.8, 4) is 0 Å². The average Bonchev–Trinajstić information content (AvgIpc) is 2.36. The minimum absolute atomic E-state index is 0.114. The molecule has 18 heavy (non-hydrogen) atoms. The lowest BCUT2D eigenvalue weighted by molar-refractivity contribution is 0.585. The maximum absolute atomic E-state index is 13.4. The molecule has 0 heterocycles. The molecule has 2 N–H and O–H groups in total. The molecule has 0 saturated heterocycles. The zero-order valence-electron chi connectivity index (χ0n) is 10.8. The monoisotopic (exact) mass is 255 g/mol. The van der Waals surface area contributed by atoms with Crippen LogP contribution in [0.3, 0.4) is 0 Å². The van der Waals surface area contributed by atoms with Crippen LogP contribution in [-0.4, -0.2) is 19.0 Å². The van der Waals surface area contributed by atoms with E-state index in [2.05, 4.69) is 15.6 Å². The van der Waals surface area contributed by atoms with Crippen LogP contribution < -0.4 is 10.6 Å². The lowest BCUT2D eigenvalue weighted by atomic mass is 10.2. The van der Waals surface area contributed by atoms with Crippen molar-refractivity contribution in [2.24, 2.45) is 4.99 Å². The molecule has 0 aliphatic carbocycles. The van der Waals surface area contributed by atoms with E-state index >= 15 is 0 Å². The largest absolute Gasteiger partial charge is 0.357 e. The minimum atomic E-state index is -0.451. The van der Waals surface area contributed by atoms with E-state index in [9.17, 15) is 8.78 Å². The highest BCUT2D eigenvalue weighted by molar-refractivity contribution is 5.79. The third-order valence-corrected chi connectivity index (χ3v) is 2.30. The van der Waals surface area contributed by atoms with Gasteiger partial charge in [0.05, 0.1) is 6.54 Å². The first-order valence-electron chi connectivity index (χ1n) is 6.13. The Morgan fingerprint density at radius 1 is 1.22 bits per heavy atom. The SMILES string of the molecule is CCCNC(=NCc1cc(F)ccc1F)NCC. The number of halogens is 2. The first-order valence-corrected chi connectivity index (χ1v) is 6.13. The van der Waals surface area contributed by atoms with Gasteiger partial charge in [-0.05, 0) is 31.5 Å². The first-order chi connectivity index (χ1) is 8.67. The lowest BCUT2D eigenvalue weighted by Gasteiger charge is -2.10. The summed E-state index contributed by atoms with van der Waals surface area (Å²) in [6, 6.07) is 3.39. The van der Waals surface area contributed by atoms with Crippen molar-refractivity contribution in [3.63, 3.8) is 0 Å².